The average Bonchev–Trinajstić information content (AvgIpc) is 2.71. The van der Waals surface area contributed by atoms with E-state index >= 15 is 0 Å². The molecule has 0 radical (unpaired) electrons. The van der Waals surface area contributed by atoms with Crippen LogP contribution < -0.4 is 4.74 Å². The van der Waals surface area contributed by atoms with E-state index in [2.05, 4.69) is 82.7 Å². The number of hydrogen-bond donors (Lipinski definition) is 0. The van der Waals surface area contributed by atoms with Crippen molar-refractivity contribution >= 4 is 48.2 Å². The molecule has 5 aromatic carbocycles. The largest absolute Gasteiger partial charge is 0.489 e. The fourth-order valence-electron chi connectivity index (χ4n) is 3.80. The summed E-state index contributed by atoms with van der Waals surface area (Å²) in [7, 11) is 0. The summed E-state index contributed by atoms with van der Waals surface area (Å²) < 4.78 is 6.10. The summed E-state index contributed by atoms with van der Waals surface area (Å²) in [5.74, 6) is 0.910. The van der Waals surface area contributed by atoms with Gasteiger partial charge in [-0.1, -0.05) is 82.7 Å². The second-order valence-electron chi connectivity index (χ2n) is 6.65. The molecular formula is C24H17BrO. The highest BCUT2D eigenvalue weighted by atomic mass is 79.9. The van der Waals surface area contributed by atoms with Crippen molar-refractivity contribution < 1.29 is 4.74 Å². The van der Waals surface area contributed by atoms with Gasteiger partial charge in [-0.25, -0.2) is 0 Å². The maximum Gasteiger partial charge on any atom is 0.120 e. The standard InChI is InChI=1S/C24H17BrO/c25-14-16-3-1-6-21(13-16)26-15-20-10-9-19-8-7-17-4-2-5-18-11-12-22(20)24(19)23(17)18/h1-13H,14-15H2. The Bertz CT molecular complexity index is 1210. The molecule has 126 valence electrons. The lowest BCUT2D eigenvalue weighted by atomic mass is 9.92. The lowest BCUT2D eigenvalue weighted by Gasteiger charge is -2.14. The van der Waals surface area contributed by atoms with Crippen LogP contribution in [0.15, 0.2) is 78.9 Å². The van der Waals surface area contributed by atoms with Crippen molar-refractivity contribution in [2.24, 2.45) is 0 Å². The highest BCUT2D eigenvalue weighted by molar-refractivity contribution is 9.08. The van der Waals surface area contributed by atoms with E-state index in [9.17, 15) is 0 Å². The molecule has 5 aromatic rings. The number of halogens is 1. The molecule has 0 N–H and O–H groups in total. The molecule has 0 aromatic heterocycles. The first kappa shape index (κ1) is 15.7. The molecule has 0 saturated heterocycles. The second kappa shape index (κ2) is 6.30. The van der Waals surface area contributed by atoms with E-state index in [4.69, 9.17) is 4.74 Å². The van der Waals surface area contributed by atoms with E-state index in [1.54, 1.807) is 0 Å². The molecule has 0 aliphatic carbocycles. The summed E-state index contributed by atoms with van der Waals surface area (Å²) in [5, 5.41) is 8.69. The predicted molar refractivity (Wildman–Crippen MR) is 114 cm³/mol. The van der Waals surface area contributed by atoms with Crippen LogP contribution in [0.5, 0.6) is 5.75 Å². The van der Waals surface area contributed by atoms with Gasteiger partial charge in [-0.2, -0.15) is 0 Å². The van der Waals surface area contributed by atoms with Crippen LogP contribution in [-0.2, 0) is 11.9 Å². The van der Waals surface area contributed by atoms with Gasteiger partial charge in [-0.05, 0) is 55.6 Å². The summed E-state index contributed by atoms with van der Waals surface area (Å²) in [4.78, 5) is 0. The Morgan fingerprint density at radius 2 is 1.38 bits per heavy atom. The van der Waals surface area contributed by atoms with Crippen LogP contribution >= 0.6 is 15.9 Å². The lowest BCUT2D eigenvalue weighted by Crippen LogP contribution is -1.97. The van der Waals surface area contributed by atoms with Crippen LogP contribution in [-0.4, -0.2) is 0 Å². The molecule has 0 spiro atoms. The Morgan fingerprint density at radius 1 is 0.692 bits per heavy atom. The summed E-state index contributed by atoms with van der Waals surface area (Å²) in [6.07, 6.45) is 0. The molecule has 0 fully saturated rings. The molecule has 2 heteroatoms. The zero-order chi connectivity index (χ0) is 17.5. The van der Waals surface area contributed by atoms with Gasteiger partial charge in [0.25, 0.3) is 0 Å². The van der Waals surface area contributed by atoms with Crippen LogP contribution in [0.4, 0.5) is 0 Å². The maximum atomic E-state index is 6.10. The third kappa shape index (κ3) is 2.53. The molecule has 0 saturated carbocycles. The van der Waals surface area contributed by atoms with Gasteiger partial charge in [0.2, 0.25) is 0 Å². The van der Waals surface area contributed by atoms with Crippen molar-refractivity contribution in [2.75, 3.05) is 0 Å². The predicted octanol–water partition coefficient (Wildman–Crippen LogP) is 7.06. The SMILES string of the molecule is BrCc1cccc(OCc2ccc3ccc4cccc5ccc2c3c45)c1. The van der Waals surface area contributed by atoms with Gasteiger partial charge in [0.15, 0.2) is 0 Å². The Kier molecular flexibility index (Phi) is 3.79. The Morgan fingerprint density at radius 3 is 2.19 bits per heavy atom. The van der Waals surface area contributed by atoms with Gasteiger partial charge >= 0.3 is 0 Å². The summed E-state index contributed by atoms with van der Waals surface area (Å²) in [6, 6.07) is 28.0. The number of ether oxygens (including phenoxy) is 1. The minimum absolute atomic E-state index is 0.569. The maximum absolute atomic E-state index is 6.10. The van der Waals surface area contributed by atoms with E-state index in [0.29, 0.717) is 6.61 Å². The van der Waals surface area contributed by atoms with Crippen molar-refractivity contribution in [1.29, 1.82) is 0 Å². The van der Waals surface area contributed by atoms with E-state index in [1.807, 2.05) is 12.1 Å². The van der Waals surface area contributed by atoms with Crippen molar-refractivity contribution in [3.63, 3.8) is 0 Å². The van der Waals surface area contributed by atoms with Gasteiger partial charge in [0.1, 0.15) is 12.4 Å². The van der Waals surface area contributed by atoms with Crippen molar-refractivity contribution in [3.05, 3.63) is 90.0 Å². The molecule has 0 aliphatic rings. The third-order valence-corrected chi connectivity index (χ3v) is 5.71. The van der Waals surface area contributed by atoms with Crippen LogP contribution in [0.3, 0.4) is 0 Å². The summed E-state index contributed by atoms with van der Waals surface area (Å²) >= 11 is 3.50. The average molecular weight is 401 g/mol. The van der Waals surface area contributed by atoms with Gasteiger partial charge in [0, 0.05) is 5.33 Å². The Balaban J connectivity index is 1.61. The fourth-order valence-corrected chi connectivity index (χ4v) is 4.15. The van der Waals surface area contributed by atoms with Crippen molar-refractivity contribution in [3.8, 4) is 5.75 Å². The highest BCUT2D eigenvalue weighted by Gasteiger charge is 2.11. The summed E-state index contributed by atoms with van der Waals surface area (Å²) in [5.41, 5.74) is 2.44. The number of alkyl halides is 1. The van der Waals surface area contributed by atoms with Crippen LogP contribution in [0.1, 0.15) is 11.1 Å². The van der Waals surface area contributed by atoms with Gasteiger partial charge < -0.3 is 4.74 Å². The number of rotatable bonds is 4. The second-order valence-corrected chi connectivity index (χ2v) is 7.21. The fraction of sp³-hybridized carbons (Fsp3) is 0.0833. The monoisotopic (exact) mass is 400 g/mol. The van der Waals surface area contributed by atoms with E-state index in [0.717, 1.165) is 11.1 Å². The molecular weight excluding hydrogens is 384 g/mol. The van der Waals surface area contributed by atoms with Crippen LogP contribution in [0.25, 0.3) is 32.3 Å². The van der Waals surface area contributed by atoms with Crippen molar-refractivity contribution in [2.45, 2.75) is 11.9 Å². The first-order valence-corrected chi connectivity index (χ1v) is 9.89. The third-order valence-electron chi connectivity index (χ3n) is 5.07. The highest BCUT2D eigenvalue weighted by Crippen LogP contribution is 2.36. The van der Waals surface area contributed by atoms with Gasteiger partial charge in [-0.15, -0.1) is 0 Å². The summed E-state index contributed by atoms with van der Waals surface area (Å²) in [6.45, 7) is 0.569. The zero-order valence-corrected chi connectivity index (χ0v) is 15.8. The quantitative estimate of drug-likeness (QED) is 0.231. The molecule has 0 atom stereocenters. The van der Waals surface area contributed by atoms with E-state index in [-0.39, 0.29) is 0 Å². The van der Waals surface area contributed by atoms with E-state index < -0.39 is 0 Å². The van der Waals surface area contributed by atoms with Gasteiger partial charge in [0.05, 0.1) is 0 Å². The van der Waals surface area contributed by atoms with Gasteiger partial charge in [-0.3, -0.25) is 0 Å². The molecule has 0 aliphatic heterocycles. The lowest BCUT2D eigenvalue weighted by molar-refractivity contribution is 0.307. The Hall–Kier alpha value is -2.58. The molecule has 1 nitrogen and oxygen atoms in total. The minimum atomic E-state index is 0.569. The topological polar surface area (TPSA) is 9.23 Å². The molecule has 0 bridgehead atoms. The molecule has 0 amide bonds. The Labute approximate surface area is 160 Å². The normalized spacial score (nSPS) is 11.6. The number of benzene rings is 5. The van der Waals surface area contributed by atoms with Crippen LogP contribution in [0, 0.1) is 0 Å². The first-order valence-electron chi connectivity index (χ1n) is 8.76. The first-order chi connectivity index (χ1) is 12.8. The van der Waals surface area contributed by atoms with Crippen molar-refractivity contribution in [1.82, 2.24) is 0 Å². The number of hydrogen-bond acceptors (Lipinski definition) is 1. The zero-order valence-electron chi connectivity index (χ0n) is 14.2. The van der Waals surface area contributed by atoms with Crippen LogP contribution in [0.2, 0.25) is 0 Å². The smallest absolute Gasteiger partial charge is 0.120 e. The minimum Gasteiger partial charge on any atom is -0.489 e. The molecule has 5 rings (SSSR count). The molecule has 0 heterocycles. The molecule has 0 unspecified atom stereocenters. The van der Waals surface area contributed by atoms with E-state index in [1.165, 1.54) is 43.4 Å². The molecule has 26 heavy (non-hydrogen) atoms.